The second-order valence-electron chi connectivity index (χ2n) is 5.51. The number of rotatable bonds is 4. The summed E-state index contributed by atoms with van der Waals surface area (Å²) in [6, 6.07) is 8.74. The van der Waals surface area contributed by atoms with Gasteiger partial charge in [0.25, 0.3) is 0 Å². The fraction of sp³-hybridized carbons (Fsp3) is 0.412. The van der Waals surface area contributed by atoms with Crippen LogP contribution in [0.15, 0.2) is 28.7 Å². The summed E-state index contributed by atoms with van der Waals surface area (Å²) in [5.41, 5.74) is 2.60. The molecule has 112 valence electrons. The number of anilines is 1. The van der Waals surface area contributed by atoms with Crippen molar-refractivity contribution in [1.82, 2.24) is 0 Å². The molecule has 0 fully saturated rings. The number of aryl methyl sites for hydroxylation is 2. The summed E-state index contributed by atoms with van der Waals surface area (Å²) in [6.45, 7) is 2.22. The highest BCUT2D eigenvalue weighted by atomic mass is 79.9. The lowest BCUT2D eigenvalue weighted by Gasteiger charge is -2.16. The summed E-state index contributed by atoms with van der Waals surface area (Å²) in [7, 11) is 1.71. The molecule has 4 heteroatoms. The van der Waals surface area contributed by atoms with Gasteiger partial charge < -0.3 is 10.1 Å². The number of hydrogen-bond acceptors (Lipinski definition) is 3. The van der Waals surface area contributed by atoms with Gasteiger partial charge in [0.1, 0.15) is 5.75 Å². The van der Waals surface area contributed by atoms with Gasteiger partial charge in [0, 0.05) is 14.2 Å². The van der Waals surface area contributed by atoms with E-state index in [1.165, 1.54) is 30.6 Å². The zero-order chi connectivity index (χ0) is 14.8. The highest BCUT2D eigenvalue weighted by molar-refractivity contribution is 9.10. The molecular formula is C17H20BrNOS. The predicted octanol–water partition coefficient (Wildman–Crippen LogP) is 5.57. The second-order valence-corrected chi connectivity index (χ2v) is 7.60. The summed E-state index contributed by atoms with van der Waals surface area (Å²) in [5, 5.41) is 3.58. The molecule has 1 heterocycles. The SMILES string of the molecule is COc1ccc(Br)cc1NC(C)c1cc2c(s1)CCCC2. The van der Waals surface area contributed by atoms with Crippen molar-refractivity contribution in [3.05, 3.63) is 44.1 Å². The van der Waals surface area contributed by atoms with Gasteiger partial charge in [-0.15, -0.1) is 11.3 Å². The smallest absolute Gasteiger partial charge is 0.142 e. The number of benzene rings is 1. The van der Waals surface area contributed by atoms with Gasteiger partial charge in [0.05, 0.1) is 18.8 Å². The quantitative estimate of drug-likeness (QED) is 0.764. The van der Waals surface area contributed by atoms with E-state index in [0.29, 0.717) is 6.04 Å². The third kappa shape index (κ3) is 3.27. The fourth-order valence-electron chi connectivity index (χ4n) is 2.82. The van der Waals surface area contributed by atoms with Crippen molar-refractivity contribution >= 4 is 33.0 Å². The number of halogens is 1. The Morgan fingerprint density at radius 3 is 2.81 bits per heavy atom. The largest absolute Gasteiger partial charge is 0.495 e. The van der Waals surface area contributed by atoms with Crippen LogP contribution in [-0.2, 0) is 12.8 Å². The molecule has 1 aromatic heterocycles. The molecule has 21 heavy (non-hydrogen) atoms. The molecular weight excluding hydrogens is 346 g/mol. The van der Waals surface area contributed by atoms with Crippen LogP contribution in [-0.4, -0.2) is 7.11 Å². The zero-order valence-corrected chi connectivity index (χ0v) is 14.8. The van der Waals surface area contributed by atoms with E-state index >= 15 is 0 Å². The molecule has 3 rings (SSSR count). The van der Waals surface area contributed by atoms with Gasteiger partial charge in [-0.2, -0.15) is 0 Å². The maximum Gasteiger partial charge on any atom is 0.142 e. The van der Waals surface area contributed by atoms with Gasteiger partial charge in [0.2, 0.25) is 0 Å². The minimum absolute atomic E-state index is 0.295. The highest BCUT2D eigenvalue weighted by Crippen LogP contribution is 2.36. The van der Waals surface area contributed by atoms with Crippen LogP contribution in [0, 0.1) is 0 Å². The molecule has 1 aromatic carbocycles. The fourth-order valence-corrected chi connectivity index (χ4v) is 4.45. The van der Waals surface area contributed by atoms with Crippen LogP contribution in [0.5, 0.6) is 5.75 Å². The summed E-state index contributed by atoms with van der Waals surface area (Å²) in [6.07, 6.45) is 5.18. The molecule has 2 aromatic rings. The molecule has 0 saturated heterocycles. The van der Waals surface area contributed by atoms with E-state index in [2.05, 4.69) is 40.3 Å². The van der Waals surface area contributed by atoms with E-state index in [4.69, 9.17) is 4.74 Å². The molecule has 0 radical (unpaired) electrons. The Hall–Kier alpha value is -1.00. The van der Waals surface area contributed by atoms with E-state index < -0.39 is 0 Å². The van der Waals surface area contributed by atoms with E-state index in [1.54, 1.807) is 17.6 Å². The third-order valence-corrected chi connectivity index (χ3v) is 5.89. The van der Waals surface area contributed by atoms with E-state index in [9.17, 15) is 0 Å². The van der Waals surface area contributed by atoms with Crippen LogP contribution < -0.4 is 10.1 Å². The average molecular weight is 366 g/mol. The van der Waals surface area contributed by atoms with Crippen LogP contribution in [0.4, 0.5) is 5.69 Å². The van der Waals surface area contributed by atoms with Crippen molar-refractivity contribution in [2.75, 3.05) is 12.4 Å². The summed E-state index contributed by atoms with van der Waals surface area (Å²) in [4.78, 5) is 3.01. The van der Waals surface area contributed by atoms with Crippen molar-refractivity contribution < 1.29 is 4.74 Å². The molecule has 1 unspecified atom stereocenters. The highest BCUT2D eigenvalue weighted by Gasteiger charge is 2.17. The minimum Gasteiger partial charge on any atom is -0.495 e. The van der Waals surface area contributed by atoms with E-state index in [-0.39, 0.29) is 0 Å². The number of nitrogens with one attached hydrogen (secondary N) is 1. The molecule has 0 spiro atoms. The Bertz CT molecular complexity index is 614. The van der Waals surface area contributed by atoms with Crippen molar-refractivity contribution in [2.24, 2.45) is 0 Å². The van der Waals surface area contributed by atoms with Crippen LogP contribution in [0.25, 0.3) is 0 Å². The Labute approximate surface area is 138 Å². The maximum atomic E-state index is 5.44. The first-order valence-electron chi connectivity index (χ1n) is 7.39. The van der Waals surface area contributed by atoms with E-state index in [0.717, 1.165) is 15.9 Å². The standard InChI is InChI=1S/C17H20BrNOS/c1-11(17-9-12-5-3-4-6-16(12)21-17)19-14-10-13(18)7-8-15(14)20-2/h7-11,19H,3-6H2,1-2H3. The van der Waals surface area contributed by atoms with Gasteiger partial charge in [0.15, 0.2) is 0 Å². The van der Waals surface area contributed by atoms with Gasteiger partial charge in [-0.05, 0) is 62.4 Å². The van der Waals surface area contributed by atoms with Crippen LogP contribution in [0.2, 0.25) is 0 Å². The summed E-state index contributed by atoms with van der Waals surface area (Å²) in [5.74, 6) is 0.881. The molecule has 2 nitrogen and oxygen atoms in total. The third-order valence-electron chi connectivity index (χ3n) is 3.98. The Morgan fingerprint density at radius 1 is 1.24 bits per heavy atom. The molecule has 1 aliphatic carbocycles. The summed E-state index contributed by atoms with van der Waals surface area (Å²) >= 11 is 5.49. The van der Waals surface area contributed by atoms with Crippen LogP contribution >= 0.6 is 27.3 Å². The topological polar surface area (TPSA) is 21.3 Å². The average Bonchev–Trinajstić information content (AvgIpc) is 2.91. The molecule has 0 amide bonds. The Kier molecular flexibility index (Phi) is 4.55. The number of ether oxygens (including phenoxy) is 1. The lowest BCUT2D eigenvalue weighted by atomic mass is 9.99. The maximum absolute atomic E-state index is 5.44. The van der Waals surface area contributed by atoms with Gasteiger partial charge in [-0.3, -0.25) is 0 Å². The second kappa shape index (κ2) is 6.41. The van der Waals surface area contributed by atoms with Gasteiger partial charge in [-0.1, -0.05) is 15.9 Å². The van der Waals surface area contributed by atoms with Crippen molar-refractivity contribution in [1.29, 1.82) is 0 Å². The Balaban J connectivity index is 1.81. The zero-order valence-electron chi connectivity index (χ0n) is 12.4. The molecule has 0 saturated carbocycles. The molecule has 0 bridgehead atoms. The first-order chi connectivity index (χ1) is 10.2. The minimum atomic E-state index is 0.295. The van der Waals surface area contributed by atoms with Crippen molar-refractivity contribution in [3.63, 3.8) is 0 Å². The van der Waals surface area contributed by atoms with Crippen molar-refractivity contribution in [3.8, 4) is 5.75 Å². The normalized spacial score (nSPS) is 15.4. The number of thiophene rings is 1. The lowest BCUT2D eigenvalue weighted by molar-refractivity contribution is 0.416. The molecule has 0 aliphatic heterocycles. The van der Waals surface area contributed by atoms with Crippen molar-refractivity contribution in [2.45, 2.75) is 38.6 Å². The molecule has 1 atom stereocenters. The van der Waals surface area contributed by atoms with Crippen LogP contribution in [0.3, 0.4) is 0 Å². The number of hydrogen-bond donors (Lipinski definition) is 1. The van der Waals surface area contributed by atoms with E-state index in [1.807, 2.05) is 23.5 Å². The predicted molar refractivity (Wildman–Crippen MR) is 93.7 cm³/mol. The van der Waals surface area contributed by atoms with Gasteiger partial charge >= 0.3 is 0 Å². The molecule has 1 N–H and O–H groups in total. The van der Waals surface area contributed by atoms with Crippen LogP contribution in [0.1, 0.15) is 41.1 Å². The first kappa shape index (κ1) is 14.9. The lowest BCUT2D eigenvalue weighted by Crippen LogP contribution is -2.06. The number of fused-ring (bicyclic) bond motifs is 1. The molecule has 1 aliphatic rings. The number of methoxy groups -OCH3 is 1. The summed E-state index contributed by atoms with van der Waals surface area (Å²) < 4.78 is 6.50. The van der Waals surface area contributed by atoms with Gasteiger partial charge in [-0.25, -0.2) is 0 Å². The first-order valence-corrected chi connectivity index (χ1v) is 9.00. The Morgan fingerprint density at radius 2 is 2.05 bits per heavy atom. The monoisotopic (exact) mass is 365 g/mol.